The van der Waals surface area contributed by atoms with Crippen LogP contribution >= 0.6 is 11.6 Å². The van der Waals surface area contributed by atoms with E-state index in [1.165, 1.54) is 0 Å². The van der Waals surface area contributed by atoms with Crippen molar-refractivity contribution in [3.8, 4) is 0 Å². The van der Waals surface area contributed by atoms with Gasteiger partial charge < -0.3 is 10.6 Å². The Bertz CT molecular complexity index is 662. The van der Waals surface area contributed by atoms with Gasteiger partial charge in [0.05, 0.1) is 6.54 Å². The number of hydrogen-bond acceptors (Lipinski definition) is 3. The molecule has 0 aromatic heterocycles. The van der Waals surface area contributed by atoms with Crippen molar-refractivity contribution in [1.82, 2.24) is 10.2 Å². The van der Waals surface area contributed by atoms with Gasteiger partial charge in [-0.25, -0.2) is 0 Å². The van der Waals surface area contributed by atoms with Crippen molar-refractivity contribution in [3.05, 3.63) is 65.2 Å². The summed E-state index contributed by atoms with van der Waals surface area (Å²) < 4.78 is 0. The van der Waals surface area contributed by atoms with E-state index >= 15 is 0 Å². The van der Waals surface area contributed by atoms with Gasteiger partial charge in [0.2, 0.25) is 5.91 Å². The highest BCUT2D eigenvalue weighted by Gasteiger charge is 2.25. The second-order valence-electron chi connectivity index (χ2n) is 5.66. The molecule has 0 saturated carbocycles. The van der Waals surface area contributed by atoms with Gasteiger partial charge in [0.15, 0.2) is 0 Å². The summed E-state index contributed by atoms with van der Waals surface area (Å²) in [6.45, 7) is 2.90. The quantitative estimate of drug-likeness (QED) is 0.906. The van der Waals surface area contributed by atoms with Crippen molar-refractivity contribution in [2.24, 2.45) is 0 Å². The van der Waals surface area contributed by atoms with Gasteiger partial charge in [-0.15, -0.1) is 0 Å². The molecular weight excluding hydrogens is 310 g/mol. The van der Waals surface area contributed by atoms with E-state index in [0.717, 1.165) is 35.9 Å². The molecule has 1 fully saturated rings. The van der Waals surface area contributed by atoms with Gasteiger partial charge in [0.25, 0.3) is 0 Å². The lowest BCUT2D eigenvalue weighted by atomic mass is 10.0. The number of anilines is 1. The van der Waals surface area contributed by atoms with Crippen LogP contribution in [-0.4, -0.2) is 37.0 Å². The second kappa shape index (κ2) is 7.59. The first-order chi connectivity index (χ1) is 11.2. The maximum Gasteiger partial charge on any atom is 0.238 e. The Morgan fingerprint density at radius 2 is 2.04 bits per heavy atom. The van der Waals surface area contributed by atoms with E-state index in [9.17, 15) is 4.79 Å². The predicted molar refractivity (Wildman–Crippen MR) is 93.7 cm³/mol. The molecule has 1 heterocycles. The lowest BCUT2D eigenvalue weighted by molar-refractivity contribution is -0.118. The van der Waals surface area contributed by atoms with Gasteiger partial charge in [-0.05, 0) is 29.8 Å². The minimum Gasteiger partial charge on any atom is -0.325 e. The fourth-order valence-electron chi connectivity index (χ4n) is 2.88. The minimum atomic E-state index is 0.00475. The molecule has 4 nitrogen and oxygen atoms in total. The van der Waals surface area contributed by atoms with Crippen molar-refractivity contribution < 1.29 is 4.79 Å². The molecule has 2 aromatic rings. The number of nitrogens with zero attached hydrogens (tertiary/aromatic N) is 1. The van der Waals surface area contributed by atoms with E-state index in [1.54, 1.807) is 0 Å². The third-order valence-electron chi connectivity index (χ3n) is 3.99. The molecule has 120 valence electrons. The Balaban J connectivity index is 1.68. The van der Waals surface area contributed by atoms with Gasteiger partial charge in [0.1, 0.15) is 0 Å². The van der Waals surface area contributed by atoms with Crippen LogP contribution in [0.3, 0.4) is 0 Å². The summed E-state index contributed by atoms with van der Waals surface area (Å²) in [6.07, 6.45) is 0. The van der Waals surface area contributed by atoms with Crippen LogP contribution in [0.5, 0.6) is 0 Å². The highest BCUT2D eigenvalue weighted by Crippen LogP contribution is 2.24. The van der Waals surface area contributed by atoms with Crippen LogP contribution in [0.1, 0.15) is 11.6 Å². The lowest BCUT2D eigenvalue weighted by Gasteiger charge is -2.36. The van der Waals surface area contributed by atoms with Crippen LogP contribution in [0.25, 0.3) is 0 Å². The molecule has 0 aliphatic carbocycles. The zero-order valence-corrected chi connectivity index (χ0v) is 13.6. The van der Waals surface area contributed by atoms with Crippen molar-refractivity contribution in [2.75, 3.05) is 31.5 Å². The van der Waals surface area contributed by atoms with Gasteiger partial charge in [-0.3, -0.25) is 9.69 Å². The third kappa shape index (κ3) is 4.32. The van der Waals surface area contributed by atoms with Crippen molar-refractivity contribution in [3.63, 3.8) is 0 Å². The molecule has 1 aliphatic heterocycles. The normalized spacial score (nSPS) is 18.6. The molecule has 2 aromatic carbocycles. The van der Waals surface area contributed by atoms with Crippen LogP contribution in [0.4, 0.5) is 5.69 Å². The number of amides is 1. The fourth-order valence-corrected chi connectivity index (χ4v) is 3.08. The fraction of sp³-hybridized carbons (Fsp3) is 0.278. The molecule has 0 radical (unpaired) electrons. The highest BCUT2D eigenvalue weighted by atomic mass is 35.5. The van der Waals surface area contributed by atoms with Crippen LogP contribution in [0.15, 0.2) is 54.6 Å². The van der Waals surface area contributed by atoms with E-state index in [4.69, 9.17) is 11.6 Å². The van der Waals surface area contributed by atoms with Crippen molar-refractivity contribution in [2.45, 2.75) is 6.04 Å². The average molecular weight is 330 g/mol. The largest absolute Gasteiger partial charge is 0.325 e. The summed E-state index contributed by atoms with van der Waals surface area (Å²) in [5.41, 5.74) is 1.96. The maximum absolute atomic E-state index is 12.3. The Morgan fingerprint density at radius 1 is 1.22 bits per heavy atom. The summed E-state index contributed by atoms with van der Waals surface area (Å²) in [5.74, 6) is 0.00475. The smallest absolute Gasteiger partial charge is 0.238 e. The molecule has 1 aliphatic rings. The number of benzene rings is 2. The molecule has 0 spiro atoms. The molecule has 0 bridgehead atoms. The van der Waals surface area contributed by atoms with Gasteiger partial charge in [-0.1, -0.05) is 41.9 Å². The van der Waals surface area contributed by atoms with E-state index < -0.39 is 0 Å². The maximum atomic E-state index is 12.3. The average Bonchev–Trinajstić information content (AvgIpc) is 2.56. The van der Waals surface area contributed by atoms with Gasteiger partial charge in [-0.2, -0.15) is 0 Å². The number of carbonyl (C=O) groups is 1. The van der Waals surface area contributed by atoms with Gasteiger partial charge >= 0.3 is 0 Å². The number of carbonyl (C=O) groups excluding carboxylic acids is 1. The highest BCUT2D eigenvalue weighted by molar-refractivity contribution is 6.30. The summed E-state index contributed by atoms with van der Waals surface area (Å²) in [6, 6.07) is 17.6. The molecule has 5 heteroatoms. The zero-order valence-electron chi connectivity index (χ0n) is 12.8. The summed E-state index contributed by atoms with van der Waals surface area (Å²) in [4.78, 5) is 14.5. The molecule has 1 unspecified atom stereocenters. The summed E-state index contributed by atoms with van der Waals surface area (Å²) in [7, 11) is 0. The van der Waals surface area contributed by atoms with Crippen LogP contribution in [0, 0.1) is 0 Å². The molecule has 23 heavy (non-hydrogen) atoms. The van der Waals surface area contributed by atoms with E-state index in [1.807, 2.05) is 48.5 Å². The monoisotopic (exact) mass is 329 g/mol. The van der Waals surface area contributed by atoms with E-state index in [-0.39, 0.29) is 11.9 Å². The third-order valence-corrected chi connectivity index (χ3v) is 4.23. The number of hydrogen-bond donors (Lipinski definition) is 2. The first-order valence-electron chi connectivity index (χ1n) is 7.77. The Kier molecular flexibility index (Phi) is 5.28. The molecule has 1 atom stereocenters. The first-order valence-corrected chi connectivity index (χ1v) is 8.15. The topological polar surface area (TPSA) is 44.4 Å². The summed E-state index contributed by atoms with van der Waals surface area (Å²) in [5, 5.41) is 7.06. The Hall–Kier alpha value is -1.88. The standard InChI is InChI=1S/C18H20ClN3O/c19-15-6-4-5-14(11-15)17-12-20-9-10-22(17)13-18(23)21-16-7-2-1-3-8-16/h1-8,11,17,20H,9-10,12-13H2,(H,21,23). The number of piperazine rings is 1. The lowest BCUT2D eigenvalue weighted by Crippen LogP contribution is -2.48. The van der Waals surface area contributed by atoms with Gasteiger partial charge in [0, 0.05) is 36.4 Å². The molecule has 1 saturated heterocycles. The second-order valence-corrected chi connectivity index (χ2v) is 6.10. The van der Waals surface area contributed by atoms with Crippen molar-refractivity contribution >= 4 is 23.2 Å². The zero-order chi connectivity index (χ0) is 16.1. The summed E-state index contributed by atoms with van der Waals surface area (Å²) >= 11 is 6.11. The minimum absolute atomic E-state index is 0.00475. The van der Waals surface area contributed by atoms with Crippen LogP contribution < -0.4 is 10.6 Å². The van der Waals surface area contributed by atoms with Crippen LogP contribution in [0.2, 0.25) is 5.02 Å². The van der Waals surface area contributed by atoms with E-state index in [2.05, 4.69) is 21.6 Å². The molecule has 2 N–H and O–H groups in total. The molecule has 3 rings (SSSR count). The number of nitrogens with one attached hydrogen (secondary N) is 2. The predicted octanol–water partition coefficient (Wildman–Crippen LogP) is 2.93. The Morgan fingerprint density at radius 3 is 2.83 bits per heavy atom. The number of rotatable bonds is 4. The van der Waals surface area contributed by atoms with E-state index in [0.29, 0.717) is 6.54 Å². The van der Waals surface area contributed by atoms with Crippen molar-refractivity contribution in [1.29, 1.82) is 0 Å². The molecular formula is C18H20ClN3O. The Labute approximate surface area is 141 Å². The van der Waals surface area contributed by atoms with Crippen LogP contribution in [-0.2, 0) is 4.79 Å². The first kappa shape index (κ1) is 16.0. The molecule has 1 amide bonds. The SMILES string of the molecule is O=C(CN1CCNCC1c1cccc(Cl)c1)Nc1ccccc1. The number of para-hydroxylation sites is 1. The number of halogens is 1.